The van der Waals surface area contributed by atoms with Crippen LogP contribution < -0.4 is 10.6 Å². The highest BCUT2D eigenvalue weighted by molar-refractivity contribution is 6.06. The van der Waals surface area contributed by atoms with Gasteiger partial charge in [0, 0.05) is 33.8 Å². The SMILES string of the molecule is CN=C(NCCN1C(=O)C2C3C=CC(C3)C2C1=O)NCc1ccccc1COC. The second kappa shape index (κ2) is 8.37. The summed E-state index contributed by atoms with van der Waals surface area (Å²) >= 11 is 0. The summed E-state index contributed by atoms with van der Waals surface area (Å²) in [5, 5.41) is 6.49. The molecule has 2 N–H and O–H groups in total. The minimum absolute atomic E-state index is 0.00455. The number of nitrogens with one attached hydrogen (secondary N) is 2. The summed E-state index contributed by atoms with van der Waals surface area (Å²) < 4.78 is 5.25. The molecule has 4 atom stereocenters. The third kappa shape index (κ3) is 3.67. The molecule has 0 radical (unpaired) electrons. The molecule has 1 aromatic rings. The molecule has 4 unspecified atom stereocenters. The first-order chi connectivity index (χ1) is 14.1. The van der Waals surface area contributed by atoms with Crippen LogP contribution in [0.25, 0.3) is 0 Å². The predicted octanol–water partition coefficient (Wildman–Crippen LogP) is 1.31. The first-order valence-corrected chi connectivity index (χ1v) is 10.2. The molecule has 1 saturated carbocycles. The van der Waals surface area contributed by atoms with Crippen LogP contribution >= 0.6 is 0 Å². The maximum atomic E-state index is 12.7. The van der Waals surface area contributed by atoms with Gasteiger partial charge in [-0.05, 0) is 29.4 Å². The van der Waals surface area contributed by atoms with E-state index in [-0.39, 0.29) is 35.5 Å². The number of imide groups is 1. The van der Waals surface area contributed by atoms with Crippen molar-refractivity contribution >= 4 is 17.8 Å². The standard InChI is InChI=1S/C22H28N4O3/c1-23-22(25-12-16-5-3-4-6-17(16)13-29-2)24-9-10-26-20(27)18-14-7-8-15(11-14)19(18)21(26)28/h3-8,14-15,18-19H,9-13H2,1-2H3,(H2,23,24,25). The Hall–Kier alpha value is -2.67. The molecule has 2 fully saturated rings. The average molecular weight is 396 g/mol. The predicted molar refractivity (Wildman–Crippen MR) is 110 cm³/mol. The van der Waals surface area contributed by atoms with Gasteiger partial charge in [0.05, 0.1) is 18.4 Å². The zero-order valence-electron chi connectivity index (χ0n) is 16.9. The number of hydrogen-bond acceptors (Lipinski definition) is 4. The number of likely N-dealkylation sites (tertiary alicyclic amines) is 1. The van der Waals surface area contributed by atoms with E-state index >= 15 is 0 Å². The number of carbonyl (C=O) groups excluding carboxylic acids is 2. The number of ether oxygens (including phenoxy) is 1. The topological polar surface area (TPSA) is 83.0 Å². The molecule has 154 valence electrons. The highest BCUT2D eigenvalue weighted by atomic mass is 16.5. The van der Waals surface area contributed by atoms with Gasteiger partial charge in [-0.1, -0.05) is 36.4 Å². The molecule has 7 heteroatoms. The zero-order valence-corrected chi connectivity index (χ0v) is 16.9. The molecule has 1 saturated heterocycles. The minimum Gasteiger partial charge on any atom is -0.380 e. The highest BCUT2D eigenvalue weighted by Gasteiger charge is 2.58. The Morgan fingerprint density at radius 2 is 1.76 bits per heavy atom. The molecule has 1 heterocycles. The maximum absolute atomic E-state index is 12.7. The number of allylic oxidation sites excluding steroid dienone is 2. The summed E-state index contributed by atoms with van der Waals surface area (Å²) in [7, 11) is 3.39. The Bertz CT molecular complexity index is 820. The number of methoxy groups -OCH3 is 1. The summed E-state index contributed by atoms with van der Waals surface area (Å²) in [5.74, 6) is 0.866. The number of nitrogens with zero attached hydrogens (tertiary/aromatic N) is 2. The molecule has 1 aromatic carbocycles. The van der Waals surface area contributed by atoms with Gasteiger partial charge in [0.2, 0.25) is 11.8 Å². The molecule has 2 bridgehead atoms. The van der Waals surface area contributed by atoms with Crippen molar-refractivity contribution < 1.29 is 14.3 Å². The van der Waals surface area contributed by atoms with E-state index in [1.54, 1.807) is 14.2 Å². The number of carbonyl (C=O) groups is 2. The van der Waals surface area contributed by atoms with Crippen molar-refractivity contribution in [1.29, 1.82) is 0 Å². The van der Waals surface area contributed by atoms with Crippen LogP contribution in [-0.4, -0.2) is 49.9 Å². The quantitative estimate of drug-likeness (QED) is 0.314. The van der Waals surface area contributed by atoms with Gasteiger partial charge in [-0.2, -0.15) is 0 Å². The first kappa shape index (κ1) is 19.6. The van der Waals surface area contributed by atoms with Gasteiger partial charge in [0.25, 0.3) is 0 Å². The highest BCUT2D eigenvalue weighted by Crippen LogP contribution is 2.52. The Balaban J connectivity index is 1.28. The first-order valence-electron chi connectivity index (χ1n) is 10.2. The molecule has 2 aliphatic carbocycles. The minimum atomic E-state index is -0.132. The van der Waals surface area contributed by atoms with Gasteiger partial charge in [-0.3, -0.25) is 19.5 Å². The summed E-state index contributed by atoms with van der Waals surface area (Å²) in [4.78, 5) is 31.1. The van der Waals surface area contributed by atoms with Crippen molar-refractivity contribution in [3.63, 3.8) is 0 Å². The third-order valence-corrected chi connectivity index (χ3v) is 6.28. The van der Waals surface area contributed by atoms with E-state index in [4.69, 9.17) is 4.74 Å². The molecule has 3 aliphatic rings. The van der Waals surface area contributed by atoms with Crippen LogP contribution in [0.3, 0.4) is 0 Å². The largest absolute Gasteiger partial charge is 0.380 e. The fourth-order valence-corrected chi connectivity index (χ4v) is 4.90. The summed E-state index contributed by atoms with van der Waals surface area (Å²) in [6, 6.07) is 8.08. The Kier molecular flexibility index (Phi) is 5.67. The second-order valence-electron chi connectivity index (χ2n) is 7.88. The molecular weight excluding hydrogens is 368 g/mol. The van der Waals surface area contributed by atoms with E-state index in [0.717, 1.165) is 17.5 Å². The summed E-state index contributed by atoms with van der Waals surface area (Å²) in [6.07, 6.45) is 5.19. The van der Waals surface area contributed by atoms with Crippen molar-refractivity contribution in [3.05, 3.63) is 47.5 Å². The van der Waals surface area contributed by atoms with E-state index in [0.29, 0.717) is 32.2 Å². The number of fused-ring (bicyclic) bond motifs is 5. The van der Waals surface area contributed by atoms with E-state index in [1.807, 2.05) is 18.2 Å². The monoisotopic (exact) mass is 396 g/mol. The molecule has 1 aliphatic heterocycles. The van der Waals surface area contributed by atoms with Crippen LogP contribution in [0, 0.1) is 23.7 Å². The Labute approximate surface area is 171 Å². The molecule has 0 aromatic heterocycles. The van der Waals surface area contributed by atoms with Crippen LogP contribution in [0.4, 0.5) is 0 Å². The number of hydrogen-bond donors (Lipinski definition) is 2. The van der Waals surface area contributed by atoms with Gasteiger partial charge in [-0.25, -0.2) is 0 Å². The van der Waals surface area contributed by atoms with Crippen LogP contribution in [0.5, 0.6) is 0 Å². The maximum Gasteiger partial charge on any atom is 0.233 e. The average Bonchev–Trinajstić information content (AvgIpc) is 3.41. The summed E-state index contributed by atoms with van der Waals surface area (Å²) in [6.45, 7) is 2.01. The second-order valence-corrected chi connectivity index (χ2v) is 7.88. The van der Waals surface area contributed by atoms with Crippen LogP contribution in [0.15, 0.2) is 41.4 Å². The Morgan fingerprint density at radius 1 is 1.10 bits per heavy atom. The van der Waals surface area contributed by atoms with Gasteiger partial charge in [0.1, 0.15) is 0 Å². The number of aliphatic imine (C=N–C) groups is 1. The smallest absolute Gasteiger partial charge is 0.233 e. The van der Waals surface area contributed by atoms with Gasteiger partial charge >= 0.3 is 0 Å². The molecular formula is C22H28N4O3. The van der Waals surface area contributed by atoms with Crippen molar-refractivity contribution in [3.8, 4) is 0 Å². The van der Waals surface area contributed by atoms with E-state index in [9.17, 15) is 9.59 Å². The molecule has 4 rings (SSSR count). The molecule has 0 spiro atoms. The fourth-order valence-electron chi connectivity index (χ4n) is 4.90. The normalized spacial score (nSPS) is 27.7. The lowest BCUT2D eigenvalue weighted by atomic mass is 9.85. The lowest BCUT2D eigenvalue weighted by Gasteiger charge is -2.19. The zero-order chi connectivity index (χ0) is 20.4. The van der Waals surface area contributed by atoms with Crippen LogP contribution in [-0.2, 0) is 27.5 Å². The van der Waals surface area contributed by atoms with Crippen molar-refractivity contribution in [2.45, 2.75) is 19.6 Å². The van der Waals surface area contributed by atoms with Crippen LogP contribution in [0.1, 0.15) is 17.5 Å². The lowest BCUT2D eigenvalue weighted by molar-refractivity contribution is -0.140. The number of amides is 2. The number of rotatable bonds is 7. The fraction of sp³-hybridized carbons (Fsp3) is 0.500. The van der Waals surface area contributed by atoms with E-state index in [1.165, 1.54) is 4.90 Å². The van der Waals surface area contributed by atoms with E-state index < -0.39 is 0 Å². The summed E-state index contributed by atoms with van der Waals surface area (Å²) in [5.41, 5.74) is 2.26. The number of guanidine groups is 1. The van der Waals surface area contributed by atoms with Crippen molar-refractivity contribution in [2.24, 2.45) is 28.7 Å². The molecule has 2 amide bonds. The molecule has 7 nitrogen and oxygen atoms in total. The third-order valence-electron chi connectivity index (χ3n) is 6.28. The van der Waals surface area contributed by atoms with Gasteiger partial charge in [-0.15, -0.1) is 0 Å². The van der Waals surface area contributed by atoms with Crippen molar-refractivity contribution in [1.82, 2.24) is 15.5 Å². The Morgan fingerprint density at radius 3 is 2.38 bits per heavy atom. The van der Waals surface area contributed by atoms with Gasteiger partial charge in [0.15, 0.2) is 5.96 Å². The number of benzene rings is 1. The van der Waals surface area contributed by atoms with Crippen molar-refractivity contribution in [2.75, 3.05) is 27.2 Å². The lowest BCUT2D eigenvalue weighted by Crippen LogP contribution is -2.43. The molecule has 29 heavy (non-hydrogen) atoms. The van der Waals surface area contributed by atoms with E-state index in [2.05, 4.69) is 33.8 Å². The van der Waals surface area contributed by atoms with Crippen LogP contribution in [0.2, 0.25) is 0 Å². The van der Waals surface area contributed by atoms with Gasteiger partial charge < -0.3 is 15.4 Å².